The zero-order valence-electron chi connectivity index (χ0n) is 13.3. The number of nitrogens with two attached hydrogens (primary N) is 1. The van der Waals surface area contributed by atoms with Gasteiger partial charge >= 0.3 is 0 Å². The number of nitrogens with one attached hydrogen (secondary N) is 1. The average Bonchev–Trinajstić information content (AvgIpc) is 2.56. The summed E-state index contributed by atoms with van der Waals surface area (Å²) in [6.45, 7) is 3.24. The van der Waals surface area contributed by atoms with Gasteiger partial charge in [-0.25, -0.2) is 0 Å². The SMILES string of the molecule is COc1cc(C)c(NC(=O)C(N)C2CCOCC2)cc1OC. The number of hydrogen-bond acceptors (Lipinski definition) is 5. The molecule has 1 heterocycles. The molecule has 22 heavy (non-hydrogen) atoms. The smallest absolute Gasteiger partial charge is 0.241 e. The van der Waals surface area contributed by atoms with Crippen molar-refractivity contribution in [1.29, 1.82) is 0 Å². The standard InChI is InChI=1S/C16H24N2O4/c1-10-8-13(20-2)14(21-3)9-12(10)18-16(19)15(17)11-4-6-22-7-5-11/h8-9,11,15H,4-7,17H2,1-3H3,(H,18,19). The molecule has 1 aliphatic heterocycles. The van der Waals surface area contributed by atoms with Crippen LogP contribution in [0.2, 0.25) is 0 Å². The van der Waals surface area contributed by atoms with Gasteiger partial charge in [-0.3, -0.25) is 4.79 Å². The molecule has 0 saturated carbocycles. The van der Waals surface area contributed by atoms with E-state index in [1.807, 2.05) is 13.0 Å². The molecule has 1 amide bonds. The molecule has 0 radical (unpaired) electrons. The predicted molar refractivity (Wildman–Crippen MR) is 84.4 cm³/mol. The molecule has 1 atom stereocenters. The summed E-state index contributed by atoms with van der Waals surface area (Å²) in [5.41, 5.74) is 7.67. The van der Waals surface area contributed by atoms with Crippen molar-refractivity contribution in [2.24, 2.45) is 11.7 Å². The minimum absolute atomic E-state index is 0.161. The van der Waals surface area contributed by atoms with Gasteiger partial charge in [0.15, 0.2) is 11.5 Å². The number of carbonyl (C=O) groups excluding carboxylic acids is 1. The minimum Gasteiger partial charge on any atom is -0.493 e. The maximum atomic E-state index is 12.4. The molecule has 0 bridgehead atoms. The third-order valence-electron chi connectivity index (χ3n) is 4.06. The van der Waals surface area contributed by atoms with E-state index < -0.39 is 6.04 Å². The van der Waals surface area contributed by atoms with Crippen LogP contribution in [0, 0.1) is 12.8 Å². The Morgan fingerprint density at radius 3 is 2.45 bits per heavy atom. The van der Waals surface area contributed by atoms with E-state index in [9.17, 15) is 4.79 Å². The van der Waals surface area contributed by atoms with Crippen molar-refractivity contribution in [3.8, 4) is 11.5 Å². The third kappa shape index (κ3) is 3.69. The number of aryl methyl sites for hydroxylation is 1. The molecule has 1 unspecified atom stereocenters. The highest BCUT2D eigenvalue weighted by Crippen LogP contribution is 2.33. The summed E-state index contributed by atoms with van der Waals surface area (Å²) in [6.07, 6.45) is 1.64. The van der Waals surface area contributed by atoms with Gasteiger partial charge in [0.25, 0.3) is 0 Å². The molecule has 1 fully saturated rings. The van der Waals surface area contributed by atoms with Crippen molar-refractivity contribution < 1.29 is 19.0 Å². The molecule has 6 nitrogen and oxygen atoms in total. The van der Waals surface area contributed by atoms with Crippen LogP contribution in [-0.2, 0) is 9.53 Å². The normalized spacial score (nSPS) is 16.9. The summed E-state index contributed by atoms with van der Waals surface area (Å²) in [4.78, 5) is 12.4. The van der Waals surface area contributed by atoms with E-state index in [0.29, 0.717) is 30.4 Å². The molecule has 3 N–H and O–H groups in total. The van der Waals surface area contributed by atoms with Crippen LogP contribution in [0.5, 0.6) is 11.5 Å². The molecule has 1 aliphatic rings. The summed E-state index contributed by atoms with van der Waals surface area (Å²) < 4.78 is 15.8. The van der Waals surface area contributed by atoms with E-state index in [0.717, 1.165) is 18.4 Å². The van der Waals surface area contributed by atoms with Crippen LogP contribution in [0.1, 0.15) is 18.4 Å². The first-order chi connectivity index (χ1) is 10.6. The minimum atomic E-state index is -0.531. The second-order valence-electron chi connectivity index (χ2n) is 5.49. The number of hydrogen-bond donors (Lipinski definition) is 2. The van der Waals surface area contributed by atoms with E-state index >= 15 is 0 Å². The Hall–Kier alpha value is -1.79. The lowest BCUT2D eigenvalue weighted by Gasteiger charge is -2.27. The van der Waals surface area contributed by atoms with Crippen LogP contribution >= 0.6 is 0 Å². The highest BCUT2D eigenvalue weighted by molar-refractivity contribution is 5.95. The fraction of sp³-hybridized carbons (Fsp3) is 0.562. The van der Waals surface area contributed by atoms with Gasteiger partial charge < -0.3 is 25.3 Å². The van der Waals surface area contributed by atoms with Crippen LogP contribution in [0.3, 0.4) is 0 Å². The third-order valence-corrected chi connectivity index (χ3v) is 4.06. The first-order valence-electron chi connectivity index (χ1n) is 7.43. The Labute approximate surface area is 130 Å². The molecule has 1 aromatic carbocycles. The van der Waals surface area contributed by atoms with Gasteiger partial charge in [0.05, 0.1) is 20.3 Å². The Morgan fingerprint density at radius 2 is 1.86 bits per heavy atom. The molecular formula is C16H24N2O4. The van der Waals surface area contributed by atoms with Gasteiger partial charge in [-0.15, -0.1) is 0 Å². The van der Waals surface area contributed by atoms with Crippen molar-refractivity contribution in [3.05, 3.63) is 17.7 Å². The van der Waals surface area contributed by atoms with Crippen LogP contribution in [-0.4, -0.2) is 39.4 Å². The van der Waals surface area contributed by atoms with E-state index in [4.69, 9.17) is 19.9 Å². The van der Waals surface area contributed by atoms with Crippen molar-refractivity contribution in [1.82, 2.24) is 0 Å². The predicted octanol–water partition coefficient (Wildman–Crippen LogP) is 1.70. The average molecular weight is 308 g/mol. The van der Waals surface area contributed by atoms with Gasteiger partial charge in [0.2, 0.25) is 5.91 Å². The van der Waals surface area contributed by atoms with Crippen LogP contribution in [0.15, 0.2) is 12.1 Å². The Balaban J connectivity index is 2.10. The number of anilines is 1. The molecule has 6 heteroatoms. The Bertz CT molecular complexity index is 527. The van der Waals surface area contributed by atoms with E-state index in [1.54, 1.807) is 20.3 Å². The second kappa shape index (κ2) is 7.47. The van der Waals surface area contributed by atoms with E-state index in [-0.39, 0.29) is 11.8 Å². The molecule has 0 spiro atoms. The van der Waals surface area contributed by atoms with Gasteiger partial charge in [0, 0.05) is 25.0 Å². The lowest BCUT2D eigenvalue weighted by atomic mass is 9.92. The first kappa shape index (κ1) is 16.6. The highest BCUT2D eigenvalue weighted by Gasteiger charge is 2.27. The number of amides is 1. The van der Waals surface area contributed by atoms with Crippen molar-refractivity contribution in [2.75, 3.05) is 32.8 Å². The maximum absolute atomic E-state index is 12.4. The summed E-state index contributed by atoms with van der Waals surface area (Å²) in [5, 5.41) is 2.89. The van der Waals surface area contributed by atoms with Crippen LogP contribution < -0.4 is 20.5 Å². The fourth-order valence-corrected chi connectivity index (χ4v) is 2.62. The number of methoxy groups -OCH3 is 2. The molecule has 122 valence electrons. The van der Waals surface area contributed by atoms with Crippen molar-refractivity contribution >= 4 is 11.6 Å². The Morgan fingerprint density at radius 1 is 1.27 bits per heavy atom. The molecule has 0 aromatic heterocycles. The summed E-state index contributed by atoms with van der Waals surface area (Å²) in [6, 6.07) is 3.05. The van der Waals surface area contributed by atoms with E-state index in [2.05, 4.69) is 5.32 Å². The molecule has 2 rings (SSSR count). The molecule has 1 aromatic rings. The second-order valence-corrected chi connectivity index (χ2v) is 5.49. The number of ether oxygens (including phenoxy) is 3. The summed E-state index contributed by atoms with van der Waals surface area (Å²) in [5.74, 6) is 1.19. The largest absolute Gasteiger partial charge is 0.493 e. The van der Waals surface area contributed by atoms with Crippen molar-refractivity contribution in [2.45, 2.75) is 25.8 Å². The Kier molecular flexibility index (Phi) is 5.63. The number of rotatable bonds is 5. The zero-order valence-corrected chi connectivity index (χ0v) is 13.3. The van der Waals surface area contributed by atoms with Gasteiger partial charge in [0.1, 0.15) is 0 Å². The lowest BCUT2D eigenvalue weighted by molar-refractivity contribution is -0.119. The van der Waals surface area contributed by atoms with Gasteiger partial charge in [-0.1, -0.05) is 0 Å². The van der Waals surface area contributed by atoms with Crippen LogP contribution in [0.25, 0.3) is 0 Å². The van der Waals surface area contributed by atoms with Crippen LogP contribution in [0.4, 0.5) is 5.69 Å². The van der Waals surface area contributed by atoms with Gasteiger partial charge in [-0.05, 0) is 37.3 Å². The quantitative estimate of drug-likeness (QED) is 0.865. The summed E-state index contributed by atoms with van der Waals surface area (Å²) in [7, 11) is 3.14. The monoisotopic (exact) mass is 308 g/mol. The number of carbonyl (C=O) groups is 1. The fourth-order valence-electron chi connectivity index (χ4n) is 2.62. The first-order valence-corrected chi connectivity index (χ1v) is 7.43. The van der Waals surface area contributed by atoms with Crippen molar-refractivity contribution in [3.63, 3.8) is 0 Å². The summed E-state index contributed by atoms with van der Waals surface area (Å²) >= 11 is 0. The highest BCUT2D eigenvalue weighted by atomic mass is 16.5. The molecular weight excluding hydrogens is 284 g/mol. The zero-order chi connectivity index (χ0) is 16.1. The van der Waals surface area contributed by atoms with E-state index in [1.165, 1.54) is 0 Å². The molecule has 0 aliphatic carbocycles. The maximum Gasteiger partial charge on any atom is 0.241 e. The topological polar surface area (TPSA) is 82.8 Å². The number of benzene rings is 1. The lowest BCUT2D eigenvalue weighted by Crippen LogP contribution is -2.44. The van der Waals surface area contributed by atoms with Gasteiger partial charge in [-0.2, -0.15) is 0 Å². The molecule has 1 saturated heterocycles.